The third-order valence-electron chi connectivity index (χ3n) is 5.55. The number of methoxy groups -OCH3 is 2. The Morgan fingerprint density at radius 1 is 1.28 bits per heavy atom. The lowest BCUT2D eigenvalue weighted by molar-refractivity contribution is 0.0937. The summed E-state index contributed by atoms with van der Waals surface area (Å²) in [5.41, 5.74) is 0.874. The zero-order chi connectivity index (χ0) is 18.0. The third-order valence-corrected chi connectivity index (χ3v) is 5.55. The Bertz CT molecular complexity index is 609. The van der Waals surface area contributed by atoms with Crippen LogP contribution in [0.15, 0.2) is 18.2 Å². The molecular formula is C20H30N2O3. The number of nitrogens with zero attached hydrogens (tertiary/aromatic N) is 1. The van der Waals surface area contributed by atoms with Gasteiger partial charge in [-0.1, -0.05) is 13.8 Å². The van der Waals surface area contributed by atoms with Gasteiger partial charge in [0.05, 0.1) is 14.2 Å². The van der Waals surface area contributed by atoms with Gasteiger partial charge in [-0.05, 0) is 50.3 Å². The fourth-order valence-electron chi connectivity index (χ4n) is 4.68. The predicted molar refractivity (Wildman–Crippen MR) is 98.4 cm³/mol. The van der Waals surface area contributed by atoms with E-state index in [9.17, 15) is 4.79 Å². The minimum Gasteiger partial charge on any atom is -0.497 e. The molecule has 25 heavy (non-hydrogen) atoms. The minimum absolute atomic E-state index is 0.0527. The zero-order valence-electron chi connectivity index (χ0n) is 15.8. The first kappa shape index (κ1) is 18.1. The second-order valence-corrected chi connectivity index (χ2v) is 7.85. The highest BCUT2D eigenvalue weighted by Gasteiger charge is 2.48. The van der Waals surface area contributed by atoms with Gasteiger partial charge in [0.2, 0.25) is 0 Å². The zero-order valence-corrected chi connectivity index (χ0v) is 15.8. The molecule has 2 heterocycles. The van der Waals surface area contributed by atoms with Crippen molar-refractivity contribution in [1.29, 1.82) is 0 Å². The summed E-state index contributed by atoms with van der Waals surface area (Å²) in [6, 6.07) is 5.51. The smallest absolute Gasteiger partial charge is 0.251 e. The minimum atomic E-state index is -0.0527. The molecule has 138 valence electrons. The first-order valence-corrected chi connectivity index (χ1v) is 9.25. The molecule has 2 atom stereocenters. The highest BCUT2D eigenvalue weighted by molar-refractivity contribution is 5.95. The van der Waals surface area contributed by atoms with Crippen molar-refractivity contribution in [3.63, 3.8) is 0 Å². The number of benzene rings is 1. The number of carbonyl (C=O) groups is 1. The molecule has 0 spiro atoms. The van der Waals surface area contributed by atoms with E-state index in [1.807, 2.05) is 0 Å². The van der Waals surface area contributed by atoms with E-state index in [4.69, 9.17) is 9.47 Å². The van der Waals surface area contributed by atoms with Gasteiger partial charge in [-0.2, -0.15) is 0 Å². The second kappa shape index (κ2) is 7.24. The topological polar surface area (TPSA) is 50.8 Å². The molecule has 1 aromatic rings. The van der Waals surface area contributed by atoms with Crippen molar-refractivity contribution in [2.45, 2.75) is 51.1 Å². The maximum Gasteiger partial charge on any atom is 0.251 e. The molecule has 0 saturated carbocycles. The fraction of sp³-hybridized carbons (Fsp3) is 0.650. The average molecular weight is 346 g/mol. The van der Waals surface area contributed by atoms with Gasteiger partial charge >= 0.3 is 0 Å². The van der Waals surface area contributed by atoms with Crippen LogP contribution in [0.5, 0.6) is 11.5 Å². The Morgan fingerprint density at radius 3 is 2.56 bits per heavy atom. The lowest BCUT2D eigenvalue weighted by atomic mass is 9.84. The fourth-order valence-corrected chi connectivity index (χ4v) is 4.68. The quantitative estimate of drug-likeness (QED) is 0.860. The summed E-state index contributed by atoms with van der Waals surface area (Å²) in [7, 11) is 3.19. The first-order chi connectivity index (χ1) is 12.0. The largest absolute Gasteiger partial charge is 0.497 e. The Morgan fingerprint density at radius 2 is 1.96 bits per heavy atom. The number of rotatable bonds is 6. The Hall–Kier alpha value is -1.75. The molecule has 0 unspecified atom stereocenters. The van der Waals surface area contributed by atoms with E-state index >= 15 is 0 Å². The van der Waals surface area contributed by atoms with Gasteiger partial charge in [-0.3, -0.25) is 9.69 Å². The lowest BCUT2D eigenvalue weighted by Gasteiger charge is -2.33. The van der Waals surface area contributed by atoms with Crippen LogP contribution in [0.2, 0.25) is 0 Å². The number of fused-ring (bicyclic) bond motifs is 1. The summed E-state index contributed by atoms with van der Waals surface area (Å²) < 4.78 is 10.5. The molecule has 0 radical (unpaired) electrons. The maximum absolute atomic E-state index is 12.7. The number of amides is 1. The number of hydrogen-bond acceptors (Lipinski definition) is 4. The summed E-state index contributed by atoms with van der Waals surface area (Å²) in [5.74, 6) is 1.89. The van der Waals surface area contributed by atoms with Gasteiger partial charge in [0, 0.05) is 29.8 Å². The van der Waals surface area contributed by atoms with Crippen molar-refractivity contribution in [1.82, 2.24) is 10.2 Å². The van der Waals surface area contributed by atoms with Gasteiger partial charge in [0.25, 0.3) is 5.91 Å². The molecule has 0 aliphatic carbocycles. The number of nitrogens with one attached hydrogen (secondary N) is 1. The van der Waals surface area contributed by atoms with Gasteiger partial charge < -0.3 is 14.8 Å². The Labute approximate surface area is 150 Å². The molecule has 2 aliphatic rings. The van der Waals surface area contributed by atoms with E-state index in [0.717, 1.165) is 19.5 Å². The van der Waals surface area contributed by atoms with Gasteiger partial charge in [0.1, 0.15) is 11.5 Å². The lowest BCUT2D eigenvalue weighted by Crippen LogP contribution is -2.39. The van der Waals surface area contributed by atoms with E-state index in [-0.39, 0.29) is 17.5 Å². The molecule has 1 amide bonds. The van der Waals surface area contributed by atoms with E-state index < -0.39 is 0 Å². The molecule has 3 rings (SSSR count). The van der Waals surface area contributed by atoms with Crippen molar-refractivity contribution >= 4 is 5.91 Å². The molecule has 5 heteroatoms. The molecule has 0 aromatic heterocycles. The Kier molecular flexibility index (Phi) is 5.23. The highest BCUT2D eigenvalue weighted by atomic mass is 16.5. The highest BCUT2D eigenvalue weighted by Crippen LogP contribution is 2.43. The summed E-state index contributed by atoms with van der Waals surface area (Å²) in [6.45, 7) is 6.70. The van der Waals surface area contributed by atoms with Crippen LogP contribution in [-0.4, -0.2) is 49.7 Å². The van der Waals surface area contributed by atoms with Crippen LogP contribution in [0, 0.1) is 5.92 Å². The number of ether oxygens (including phenoxy) is 2. The summed E-state index contributed by atoms with van der Waals surface area (Å²) in [4.78, 5) is 15.3. The van der Waals surface area contributed by atoms with E-state index in [2.05, 4.69) is 24.1 Å². The number of carbonyl (C=O) groups excluding carboxylic acids is 1. The third kappa shape index (κ3) is 3.76. The second-order valence-electron chi connectivity index (χ2n) is 7.85. The van der Waals surface area contributed by atoms with Crippen molar-refractivity contribution in [2.24, 2.45) is 5.92 Å². The van der Waals surface area contributed by atoms with Crippen LogP contribution in [0.3, 0.4) is 0 Å². The molecule has 1 aromatic carbocycles. The summed E-state index contributed by atoms with van der Waals surface area (Å²) in [6.07, 6.45) is 4.80. The average Bonchev–Trinajstić information content (AvgIpc) is 3.09. The van der Waals surface area contributed by atoms with E-state index in [1.165, 1.54) is 19.3 Å². The van der Waals surface area contributed by atoms with Gasteiger partial charge in [-0.15, -0.1) is 0 Å². The molecule has 2 aliphatic heterocycles. The van der Waals surface area contributed by atoms with Gasteiger partial charge in [-0.25, -0.2) is 0 Å². The number of hydrogen-bond donors (Lipinski definition) is 1. The van der Waals surface area contributed by atoms with E-state index in [1.54, 1.807) is 32.4 Å². The molecule has 2 fully saturated rings. The van der Waals surface area contributed by atoms with Crippen LogP contribution in [0.25, 0.3) is 0 Å². The Balaban J connectivity index is 1.70. The molecule has 0 bridgehead atoms. The van der Waals surface area contributed by atoms with Gasteiger partial charge in [0.15, 0.2) is 0 Å². The van der Waals surface area contributed by atoms with Crippen LogP contribution >= 0.6 is 0 Å². The molecule has 2 saturated heterocycles. The van der Waals surface area contributed by atoms with Crippen molar-refractivity contribution < 1.29 is 14.3 Å². The first-order valence-electron chi connectivity index (χ1n) is 9.25. The van der Waals surface area contributed by atoms with Crippen molar-refractivity contribution in [3.8, 4) is 11.5 Å². The normalized spacial score (nSPS) is 25.9. The molecule has 1 N–H and O–H groups in total. The van der Waals surface area contributed by atoms with Crippen LogP contribution in [0.1, 0.15) is 49.9 Å². The van der Waals surface area contributed by atoms with Crippen molar-refractivity contribution in [3.05, 3.63) is 23.8 Å². The standard InChI is InChI=1S/C20H30N2O3/c1-14(2)11-20-6-5-7-22(20)13-16(12-20)21-19(23)15-8-17(24-3)10-18(9-15)25-4/h8-10,14,16H,5-7,11-13H2,1-4H3,(H,21,23)/t16-,20+/m0/s1. The maximum atomic E-state index is 12.7. The van der Waals surface area contributed by atoms with E-state index in [0.29, 0.717) is 23.0 Å². The summed E-state index contributed by atoms with van der Waals surface area (Å²) >= 11 is 0. The predicted octanol–water partition coefficient (Wildman–Crippen LogP) is 3.09. The monoisotopic (exact) mass is 346 g/mol. The van der Waals surface area contributed by atoms with Crippen molar-refractivity contribution in [2.75, 3.05) is 27.3 Å². The molecule has 5 nitrogen and oxygen atoms in total. The van der Waals surface area contributed by atoms with Crippen LogP contribution < -0.4 is 14.8 Å². The SMILES string of the molecule is COc1cc(OC)cc(C(=O)N[C@@H]2CN3CCC[C@@]3(CC(C)C)C2)c1. The summed E-state index contributed by atoms with van der Waals surface area (Å²) in [5, 5.41) is 3.23. The van der Waals surface area contributed by atoms with Crippen LogP contribution in [-0.2, 0) is 0 Å². The van der Waals surface area contributed by atoms with Crippen LogP contribution in [0.4, 0.5) is 0 Å². The molecular weight excluding hydrogens is 316 g/mol.